The molecule has 1 unspecified atom stereocenters. The minimum atomic E-state index is 0.174. The van der Waals surface area contributed by atoms with E-state index in [-0.39, 0.29) is 12.6 Å². The molecule has 3 rings (SSSR count). The quantitative estimate of drug-likeness (QED) is 0.834. The Balaban J connectivity index is 1.97. The Morgan fingerprint density at radius 1 is 1.42 bits per heavy atom. The summed E-state index contributed by atoms with van der Waals surface area (Å²) in [5.74, 6) is 1.05. The molecule has 1 atom stereocenters. The predicted octanol–water partition coefficient (Wildman–Crippen LogP) is 0.150. The smallest absolute Gasteiger partial charge is 0.157 e. The lowest BCUT2D eigenvalue weighted by atomic mass is 10.2. The van der Waals surface area contributed by atoms with Gasteiger partial charge >= 0.3 is 0 Å². The molecule has 0 aliphatic carbocycles. The monoisotopic (exact) mass is 261 g/mol. The molecule has 1 aliphatic rings. The summed E-state index contributed by atoms with van der Waals surface area (Å²) in [5, 5.41) is 13.8. The molecule has 2 aromatic heterocycles. The highest BCUT2D eigenvalue weighted by Gasteiger charge is 2.25. The highest BCUT2D eigenvalue weighted by atomic mass is 16.3. The number of nitrogens with zero attached hydrogens (tertiary/aromatic N) is 5. The highest BCUT2D eigenvalue weighted by Crippen LogP contribution is 2.20. The van der Waals surface area contributed by atoms with Gasteiger partial charge < -0.3 is 10.0 Å². The molecule has 0 spiro atoms. The number of fused-ring (bicyclic) bond motifs is 1. The van der Waals surface area contributed by atoms with E-state index in [9.17, 15) is 5.11 Å². The van der Waals surface area contributed by atoms with Crippen LogP contribution >= 0.6 is 0 Å². The first-order valence-corrected chi connectivity index (χ1v) is 6.56. The summed E-state index contributed by atoms with van der Waals surface area (Å²) in [4.78, 5) is 8.93. The van der Waals surface area contributed by atoms with E-state index in [1.807, 2.05) is 17.5 Å². The molecule has 1 fully saturated rings. The number of hydrogen-bond acceptors (Lipinski definition) is 5. The minimum Gasteiger partial charge on any atom is -0.395 e. The normalized spacial score (nSPS) is 21.2. The summed E-state index contributed by atoms with van der Waals surface area (Å²) >= 11 is 0. The van der Waals surface area contributed by atoms with Crippen molar-refractivity contribution in [1.29, 1.82) is 0 Å². The molecule has 6 heteroatoms. The van der Waals surface area contributed by atoms with E-state index < -0.39 is 0 Å². The van der Waals surface area contributed by atoms with Gasteiger partial charge in [0.25, 0.3) is 0 Å². The van der Waals surface area contributed by atoms with E-state index in [0.29, 0.717) is 0 Å². The lowest BCUT2D eigenvalue weighted by molar-refractivity contribution is 0.135. The molecule has 0 aromatic carbocycles. The van der Waals surface area contributed by atoms with Gasteiger partial charge in [0.1, 0.15) is 5.82 Å². The maximum absolute atomic E-state index is 9.45. The molecule has 6 nitrogen and oxygen atoms in total. The third-order valence-electron chi connectivity index (χ3n) is 3.78. The van der Waals surface area contributed by atoms with Crippen LogP contribution in [0.2, 0.25) is 0 Å². The molecule has 102 valence electrons. The van der Waals surface area contributed by atoms with E-state index in [2.05, 4.69) is 33.0 Å². The number of likely N-dealkylation sites (N-methyl/N-ethyl adjacent to an activating group) is 1. The zero-order valence-corrected chi connectivity index (χ0v) is 11.3. The summed E-state index contributed by atoms with van der Waals surface area (Å²) in [7, 11) is 2.06. The summed E-state index contributed by atoms with van der Waals surface area (Å²) in [6.07, 6.45) is 1.77. The molecule has 1 N–H and O–H groups in total. The van der Waals surface area contributed by atoms with E-state index in [1.165, 1.54) is 0 Å². The Kier molecular flexibility index (Phi) is 3.12. The molecule has 0 amide bonds. The average molecular weight is 261 g/mol. The molecule has 0 radical (unpaired) electrons. The number of piperazine rings is 1. The van der Waals surface area contributed by atoms with E-state index in [1.54, 1.807) is 6.20 Å². The fourth-order valence-electron chi connectivity index (χ4n) is 2.60. The van der Waals surface area contributed by atoms with Crippen LogP contribution < -0.4 is 4.90 Å². The standard InChI is InChI=1S/C13H19N5O/c1-10-7-13(18-12(15-10)3-4-14-18)17-6-5-16(2)11(8-17)9-19/h3-4,7,11,19H,5-6,8-9H2,1-2H3. The van der Waals surface area contributed by atoms with Gasteiger partial charge in [0.05, 0.1) is 18.8 Å². The summed E-state index contributed by atoms with van der Waals surface area (Å²) in [6.45, 7) is 4.86. The Hall–Kier alpha value is -1.66. The predicted molar refractivity (Wildman–Crippen MR) is 73.4 cm³/mol. The largest absolute Gasteiger partial charge is 0.395 e. The molecule has 1 aliphatic heterocycles. The van der Waals surface area contributed by atoms with Crippen molar-refractivity contribution in [1.82, 2.24) is 19.5 Å². The molecule has 1 saturated heterocycles. The van der Waals surface area contributed by atoms with Crippen LogP contribution in [0.3, 0.4) is 0 Å². The van der Waals surface area contributed by atoms with Crippen LogP contribution in [-0.2, 0) is 0 Å². The van der Waals surface area contributed by atoms with Gasteiger partial charge in [-0.3, -0.25) is 4.90 Å². The van der Waals surface area contributed by atoms with Crippen LogP contribution in [0, 0.1) is 6.92 Å². The summed E-state index contributed by atoms with van der Waals surface area (Å²) < 4.78 is 1.87. The highest BCUT2D eigenvalue weighted by molar-refractivity contribution is 5.51. The lowest BCUT2D eigenvalue weighted by Crippen LogP contribution is -2.53. The Morgan fingerprint density at radius 3 is 3.05 bits per heavy atom. The number of hydrogen-bond donors (Lipinski definition) is 1. The van der Waals surface area contributed by atoms with Crippen LogP contribution in [0.1, 0.15) is 5.69 Å². The third-order valence-corrected chi connectivity index (χ3v) is 3.78. The van der Waals surface area contributed by atoms with Crippen molar-refractivity contribution in [3.05, 3.63) is 24.0 Å². The van der Waals surface area contributed by atoms with Crippen LogP contribution in [0.15, 0.2) is 18.3 Å². The molecule has 3 heterocycles. The minimum absolute atomic E-state index is 0.174. The van der Waals surface area contributed by atoms with Crippen molar-refractivity contribution in [3.8, 4) is 0 Å². The number of anilines is 1. The van der Waals surface area contributed by atoms with Crippen LogP contribution in [-0.4, -0.2) is 63.9 Å². The fourth-order valence-corrected chi connectivity index (χ4v) is 2.60. The first-order valence-electron chi connectivity index (χ1n) is 6.56. The Bertz CT molecular complexity index is 581. The van der Waals surface area contributed by atoms with Gasteiger partial charge in [-0.15, -0.1) is 0 Å². The van der Waals surface area contributed by atoms with Crippen molar-refractivity contribution in [3.63, 3.8) is 0 Å². The maximum atomic E-state index is 9.45. The molecular formula is C13H19N5O. The molecule has 0 saturated carbocycles. The zero-order valence-electron chi connectivity index (χ0n) is 11.3. The van der Waals surface area contributed by atoms with E-state index >= 15 is 0 Å². The second kappa shape index (κ2) is 4.79. The molecule has 19 heavy (non-hydrogen) atoms. The van der Waals surface area contributed by atoms with Crippen LogP contribution in [0.25, 0.3) is 5.65 Å². The third kappa shape index (κ3) is 2.17. The van der Waals surface area contributed by atoms with Gasteiger partial charge in [0, 0.05) is 37.5 Å². The van der Waals surface area contributed by atoms with Gasteiger partial charge in [0.2, 0.25) is 0 Å². The van der Waals surface area contributed by atoms with Crippen LogP contribution in [0.4, 0.5) is 5.82 Å². The second-order valence-corrected chi connectivity index (χ2v) is 5.12. The first-order chi connectivity index (χ1) is 9.19. The number of aryl methyl sites for hydroxylation is 1. The van der Waals surface area contributed by atoms with Crippen molar-refractivity contribution in [2.75, 3.05) is 38.2 Å². The number of rotatable bonds is 2. The van der Waals surface area contributed by atoms with E-state index in [0.717, 1.165) is 36.8 Å². The number of aliphatic hydroxyl groups is 1. The molecule has 2 aromatic rings. The van der Waals surface area contributed by atoms with Crippen molar-refractivity contribution in [2.24, 2.45) is 0 Å². The lowest BCUT2D eigenvalue weighted by Gasteiger charge is -2.39. The van der Waals surface area contributed by atoms with Gasteiger partial charge in [-0.2, -0.15) is 9.61 Å². The Labute approximate surface area is 112 Å². The van der Waals surface area contributed by atoms with Crippen LogP contribution in [0.5, 0.6) is 0 Å². The first kappa shape index (κ1) is 12.4. The second-order valence-electron chi connectivity index (χ2n) is 5.12. The zero-order chi connectivity index (χ0) is 13.4. The molecule has 0 bridgehead atoms. The van der Waals surface area contributed by atoms with Gasteiger partial charge in [-0.25, -0.2) is 4.98 Å². The average Bonchev–Trinajstić information content (AvgIpc) is 2.86. The summed E-state index contributed by atoms with van der Waals surface area (Å²) in [6, 6.07) is 4.14. The van der Waals surface area contributed by atoms with Crippen molar-refractivity contribution < 1.29 is 5.11 Å². The van der Waals surface area contributed by atoms with Gasteiger partial charge in [0.15, 0.2) is 5.65 Å². The fraction of sp³-hybridized carbons (Fsp3) is 0.538. The SMILES string of the molecule is Cc1cc(N2CCN(C)C(CO)C2)n2nccc2n1. The summed E-state index contributed by atoms with van der Waals surface area (Å²) in [5.41, 5.74) is 1.86. The van der Waals surface area contributed by atoms with Gasteiger partial charge in [-0.1, -0.05) is 0 Å². The topological polar surface area (TPSA) is 56.9 Å². The van der Waals surface area contributed by atoms with Crippen molar-refractivity contribution >= 4 is 11.5 Å². The number of aliphatic hydroxyl groups excluding tert-OH is 1. The number of aromatic nitrogens is 3. The maximum Gasteiger partial charge on any atom is 0.157 e. The Morgan fingerprint density at radius 2 is 2.26 bits per heavy atom. The van der Waals surface area contributed by atoms with Gasteiger partial charge in [-0.05, 0) is 14.0 Å². The van der Waals surface area contributed by atoms with E-state index in [4.69, 9.17) is 0 Å². The molecular weight excluding hydrogens is 242 g/mol. The van der Waals surface area contributed by atoms with Crippen molar-refractivity contribution in [2.45, 2.75) is 13.0 Å².